The van der Waals surface area contributed by atoms with Gasteiger partial charge in [-0.3, -0.25) is 5.32 Å². The van der Waals surface area contributed by atoms with Gasteiger partial charge in [0.1, 0.15) is 0 Å². The molecular formula is C12H17N3O2. The second-order valence-electron chi connectivity index (χ2n) is 3.55. The van der Waals surface area contributed by atoms with E-state index in [1.807, 2.05) is 13.0 Å². The zero-order valence-electron chi connectivity index (χ0n) is 9.82. The summed E-state index contributed by atoms with van der Waals surface area (Å²) in [5.74, 6) is 0. The molecule has 0 saturated carbocycles. The van der Waals surface area contributed by atoms with E-state index in [2.05, 4.69) is 16.0 Å². The van der Waals surface area contributed by atoms with Gasteiger partial charge >= 0.3 is 12.1 Å². The molecule has 0 spiro atoms. The van der Waals surface area contributed by atoms with E-state index in [0.29, 0.717) is 12.2 Å². The van der Waals surface area contributed by atoms with Crippen molar-refractivity contribution in [2.45, 2.75) is 19.8 Å². The lowest BCUT2D eigenvalue weighted by molar-refractivity contribution is 0.233. The Bertz CT molecular complexity index is 365. The number of urea groups is 2. The molecular weight excluding hydrogens is 218 g/mol. The van der Waals surface area contributed by atoms with Gasteiger partial charge in [-0.25, -0.2) is 9.59 Å². The maximum Gasteiger partial charge on any atom is 0.327 e. The number of unbranched alkanes of at least 4 members (excludes halogenated alkanes) is 1. The van der Waals surface area contributed by atoms with Gasteiger partial charge in [-0.05, 0) is 18.6 Å². The number of amides is 4. The highest BCUT2D eigenvalue weighted by molar-refractivity contribution is 6.00. The summed E-state index contributed by atoms with van der Waals surface area (Å²) >= 11 is 0. The van der Waals surface area contributed by atoms with Crippen LogP contribution in [0.1, 0.15) is 19.8 Å². The molecule has 0 aliphatic heterocycles. The third kappa shape index (κ3) is 5.55. The normalized spacial score (nSPS) is 9.47. The van der Waals surface area contributed by atoms with Gasteiger partial charge in [-0.2, -0.15) is 0 Å². The molecule has 92 valence electrons. The molecule has 0 saturated heterocycles. The van der Waals surface area contributed by atoms with Crippen LogP contribution >= 0.6 is 0 Å². The van der Waals surface area contributed by atoms with E-state index in [0.717, 1.165) is 12.8 Å². The first kappa shape index (κ1) is 13.0. The zero-order valence-corrected chi connectivity index (χ0v) is 9.82. The highest BCUT2D eigenvalue weighted by Gasteiger charge is 2.05. The Morgan fingerprint density at radius 3 is 2.47 bits per heavy atom. The van der Waals surface area contributed by atoms with Crippen molar-refractivity contribution in [1.29, 1.82) is 0 Å². The molecule has 5 heteroatoms. The van der Waals surface area contributed by atoms with Gasteiger partial charge in [0.05, 0.1) is 0 Å². The van der Waals surface area contributed by atoms with Crippen molar-refractivity contribution in [1.82, 2.24) is 10.6 Å². The van der Waals surface area contributed by atoms with Crippen LogP contribution in [-0.2, 0) is 0 Å². The molecule has 0 unspecified atom stereocenters. The summed E-state index contributed by atoms with van der Waals surface area (Å²) < 4.78 is 0. The number of hydrogen-bond donors (Lipinski definition) is 3. The van der Waals surface area contributed by atoms with E-state index >= 15 is 0 Å². The van der Waals surface area contributed by atoms with Gasteiger partial charge < -0.3 is 10.6 Å². The number of carbonyl (C=O) groups excluding carboxylic acids is 2. The number of imide groups is 1. The summed E-state index contributed by atoms with van der Waals surface area (Å²) in [5, 5.41) is 7.33. The lowest BCUT2D eigenvalue weighted by atomic mass is 10.3. The van der Waals surface area contributed by atoms with Crippen molar-refractivity contribution < 1.29 is 9.59 Å². The molecule has 0 bridgehead atoms. The predicted molar refractivity (Wildman–Crippen MR) is 66.9 cm³/mol. The van der Waals surface area contributed by atoms with E-state index in [1.165, 1.54) is 0 Å². The molecule has 0 radical (unpaired) electrons. The van der Waals surface area contributed by atoms with Crippen LogP contribution in [0.3, 0.4) is 0 Å². The van der Waals surface area contributed by atoms with Gasteiger partial charge in [0.2, 0.25) is 0 Å². The van der Waals surface area contributed by atoms with Crippen LogP contribution in [-0.4, -0.2) is 18.6 Å². The molecule has 1 aromatic rings. The molecule has 0 aliphatic carbocycles. The van der Waals surface area contributed by atoms with E-state index < -0.39 is 12.1 Å². The number of benzene rings is 1. The number of hydrogen-bond acceptors (Lipinski definition) is 2. The van der Waals surface area contributed by atoms with Crippen LogP contribution in [0.4, 0.5) is 15.3 Å². The smallest absolute Gasteiger partial charge is 0.327 e. The first-order valence-electron chi connectivity index (χ1n) is 5.63. The molecule has 0 atom stereocenters. The third-order valence-electron chi connectivity index (χ3n) is 2.07. The van der Waals surface area contributed by atoms with Gasteiger partial charge in [-0.1, -0.05) is 31.5 Å². The molecule has 0 aliphatic rings. The predicted octanol–water partition coefficient (Wildman–Crippen LogP) is 2.32. The van der Waals surface area contributed by atoms with E-state index in [4.69, 9.17) is 0 Å². The van der Waals surface area contributed by atoms with Crippen LogP contribution in [0.25, 0.3) is 0 Å². The van der Waals surface area contributed by atoms with Crippen LogP contribution in [0, 0.1) is 0 Å². The number of anilines is 1. The zero-order chi connectivity index (χ0) is 12.5. The summed E-state index contributed by atoms with van der Waals surface area (Å²) in [5.41, 5.74) is 0.645. The largest absolute Gasteiger partial charge is 0.338 e. The highest BCUT2D eigenvalue weighted by Crippen LogP contribution is 2.03. The molecule has 3 N–H and O–H groups in total. The summed E-state index contributed by atoms with van der Waals surface area (Å²) in [6.45, 7) is 2.60. The van der Waals surface area contributed by atoms with Gasteiger partial charge in [0.25, 0.3) is 0 Å². The van der Waals surface area contributed by atoms with E-state index in [1.54, 1.807) is 24.3 Å². The molecule has 17 heavy (non-hydrogen) atoms. The number of rotatable bonds is 4. The summed E-state index contributed by atoms with van der Waals surface area (Å²) in [6.07, 6.45) is 1.89. The average molecular weight is 235 g/mol. The Labute approximate surface area is 101 Å². The topological polar surface area (TPSA) is 70.2 Å². The Hall–Kier alpha value is -2.04. The molecule has 5 nitrogen and oxygen atoms in total. The minimum absolute atomic E-state index is 0.480. The van der Waals surface area contributed by atoms with Crippen molar-refractivity contribution in [2.24, 2.45) is 0 Å². The average Bonchev–Trinajstić information content (AvgIpc) is 2.30. The van der Waals surface area contributed by atoms with Crippen molar-refractivity contribution in [3.63, 3.8) is 0 Å². The van der Waals surface area contributed by atoms with Crippen LogP contribution in [0.2, 0.25) is 0 Å². The van der Waals surface area contributed by atoms with Crippen LogP contribution in [0.15, 0.2) is 30.3 Å². The molecule has 4 amide bonds. The fourth-order valence-electron chi connectivity index (χ4n) is 1.21. The van der Waals surface area contributed by atoms with E-state index in [9.17, 15) is 9.59 Å². The van der Waals surface area contributed by atoms with Crippen molar-refractivity contribution in [3.8, 4) is 0 Å². The van der Waals surface area contributed by atoms with Gasteiger partial charge in [0, 0.05) is 12.2 Å². The summed E-state index contributed by atoms with van der Waals surface area (Å²) in [4.78, 5) is 22.6. The maximum absolute atomic E-state index is 11.4. The second kappa shape index (κ2) is 7.27. The third-order valence-corrected chi connectivity index (χ3v) is 2.07. The Kier molecular flexibility index (Phi) is 5.57. The van der Waals surface area contributed by atoms with Crippen molar-refractivity contribution in [2.75, 3.05) is 11.9 Å². The highest BCUT2D eigenvalue weighted by atomic mass is 16.2. The summed E-state index contributed by atoms with van der Waals surface area (Å²) in [6, 6.07) is 7.93. The first-order valence-corrected chi connectivity index (χ1v) is 5.63. The Morgan fingerprint density at radius 1 is 1.12 bits per heavy atom. The lowest BCUT2D eigenvalue weighted by Gasteiger charge is -2.07. The van der Waals surface area contributed by atoms with E-state index in [-0.39, 0.29) is 0 Å². The fourth-order valence-corrected chi connectivity index (χ4v) is 1.21. The van der Waals surface area contributed by atoms with Crippen LogP contribution in [0.5, 0.6) is 0 Å². The standard InChI is InChI=1S/C12H17N3O2/c1-2-3-9-13-11(16)15-12(17)14-10-7-5-4-6-8-10/h4-8H,2-3,9H2,1H3,(H3,13,14,15,16,17). The summed E-state index contributed by atoms with van der Waals surface area (Å²) in [7, 11) is 0. The maximum atomic E-state index is 11.4. The molecule has 0 heterocycles. The minimum atomic E-state index is -0.537. The Balaban J connectivity index is 2.27. The second-order valence-corrected chi connectivity index (χ2v) is 3.55. The minimum Gasteiger partial charge on any atom is -0.338 e. The fraction of sp³-hybridized carbons (Fsp3) is 0.333. The van der Waals surface area contributed by atoms with Gasteiger partial charge in [-0.15, -0.1) is 0 Å². The van der Waals surface area contributed by atoms with Gasteiger partial charge in [0.15, 0.2) is 0 Å². The number of carbonyl (C=O) groups is 2. The molecule has 1 aromatic carbocycles. The lowest BCUT2D eigenvalue weighted by Crippen LogP contribution is -2.41. The molecule has 0 aromatic heterocycles. The molecule has 1 rings (SSSR count). The SMILES string of the molecule is CCCCNC(=O)NC(=O)Nc1ccccc1. The number of para-hydroxylation sites is 1. The Morgan fingerprint density at radius 2 is 1.82 bits per heavy atom. The molecule has 0 fully saturated rings. The monoisotopic (exact) mass is 235 g/mol. The van der Waals surface area contributed by atoms with Crippen molar-refractivity contribution >= 4 is 17.7 Å². The first-order chi connectivity index (χ1) is 8.22. The quantitative estimate of drug-likeness (QED) is 0.701. The van der Waals surface area contributed by atoms with Crippen molar-refractivity contribution in [3.05, 3.63) is 30.3 Å². The number of nitrogens with one attached hydrogen (secondary N) is 3. The van der Waals surface area contributed by atoms with Crippen LogP contribution < -0.4 is 16.0 Å².